The molecule has 8 heteroatoms. The summed E-state index contributed by atoms with van der Waals surface area (Å²) in [6.45, 7) is 0.348. The number of rotatable bonds is 3. The van der Waals surface area contributed by atoms with Crippen LogP contribution in [-0.4, -0.2) is 38.4 Å². The summed E-state index contributed by atoms with van der Waals surface area (Å²) in [6, 6.07) is 6.12. The summed E-state index contributed by atoms with van der Waals surface area (Å²) in [7, 11) is -3.09. The number of nitrogens with zero attached hydrogens (tertiary/aromatic N) is 1. The van der Waals surface area contributed by atoms with Crippen LogP contribution in [0.5, 0.6) is 0 Å². The van der Waals surface area contributed by atoms with Gasteiger partial charge in [0.05, 0.1) is 22.8 Å². The molecule has 1 fully saturated rings. The fourth-order valence-corrected chi connectivity index (χ4v) is 3.76. The van der Waals surface area contributed by atoms with Gasteiger partial charge in [-0.15, -0.1) is 0 Å². The van der Waals surface area contributed by atoms with Gasteiger partial charge in [-0.05, 0) is 18.2 Å². The first-order chi connectivity index (χ1) is 9.89. The minimum absolute atomic E-state index is 0.0244. The number of anilines is 1. The molecule has 1 aromatic rings. The van der Waals surface area contributed by atoms with Gasteiger partial charge in [0, 0.05) is 24.0 Å². The molecular weight excluding hydrogens is 314 g/mol. The molecule has 1 unspecified atom stereocenters. The second-order valence-electron chi connectivity index (χ2n) is 4.82. The lowest BCUT2D eigenvalue weighted by Crippen LogP contribution is -2.46. The predicted octanol–water partition coefficient (Wildman–Crippen LogP) is 0.927. The van der Waals surface area contributed by atoms with Crippen LogP contribution in [0.25, 0.3) is 0 Å². The van der Waals surface area contributed by atoms with Crippen LogP contribution in [0.1, 0.15) is 12.0 Å². The van der Waals surface area contributed by atoms with E-state index >= 15 is 0 Å². The van der Waals surface area contributed by atoms with Gasteiger partial charge in [-0.25, -0.2) is 8.42 Å². The zero-order chi connectivity index (χ0) is 15.5. The summed E-state index contributed by atoms with van der Waals surface area (Å²) in [6.07, 6.45) is 0.0244. The van der Waals surface area contributed by atoms with Crippen LogP contribution in [0.15, 0.2) is 18.2 Å². The number of nitrogens with one attached hydrogen (secondary N) is 2. The van der Waals surface area contributed by atoms with Crippen molar-refractivity contribution in [1.29, 1.82) is 5.26 Å². The lowest BCUT2D eigenvalue weighted by molar-refractivity contribution is -0.116. The standard InChI is InChI=1S/C13H14ClN3O3S/c14-10-2-1-9(7-15)12(5-10)17-13(18)6-11-8-21(19,20)4-3-16-11/h1-2,5,11,16H,3-4,6,8H2,(H,17,18). The SMILES string of the molecule is N#Cc1ccc(Cl)cc1NC(=O)CC1CS(=O)(=O)CCN1. The van der Waals surface area contributed by atoms with E-state index in [1.165, 1.54) is 12.1 Å². The van der Waals surface area contributed by atoms with Gasteiger partial charge in [0.1, 0.15) is 6.07 Å². The van der Waals surface area contributed by atoms with Crippen molar-refractivity contribution in [3.8, 4) is 6.07 Å². The van der Waals surface area contributed by atoms with E-state index in [0.29, 0.717) is 22.8 Å². The molecule has 1 aliphatic heterocycles. The van der Waals surface area contributed by atoms with Crippen molar-refractivity contribution in [2.24, 2.45) is 0 Å². The molecule has 2 rings (SSSR count). The first kappa shape index (κ1) is 15.8. The molecule has 2 N–H and O–H groups in total. The average Bonchev–Trinajstić information content (AvgIpc) is 2.37. The van der Waals surface area contributed by atoms with Crippen LogP contribution in [0.2, 0.25) is 5.02 Å². The fourth-order valence-electron chi connectivity index (χ4n) is 2.14. The van der Waals surface area contributed by atoms with Crippen molar-refractivity contribution in [2.75, 3.05) is 23.4 Å². The van der Waals surface area contributed by atoms with Gasteiger partial charge in [-0.1, -0.05) is 11.6 Å². The van der Waals surface area contributed by atoms with Crippen molar-refractivity contribution >= 4 is 33.0 Å². The second-order valence-corrected chi connectivity index (χ2v) is 7.48. The monoisotopic (exact) mass is 327 g/mol. The topological polar surface area (TPSA) is 99.1 Å². The normalized spacial score (nSPS) is 20.5. The molecule has 112 valence electrons. The summed E-state index contributed by atoms with van der Waals surface area (Å²) in [5.74, 6) is -0.317. The quantitative estimate of drug-likeness (QED) is 0.860. The molecule has 1 saturated heterocycles. The lowest BCUT2D eigenvalue weighted by atomic mass is 10.1. The first-order valence-corrected chi connectivity index (χ1v) is 8.53. The Balaban J connectivity index is 2.02. The van der Waals surface area contributed by atoms with Gasteiger partial charge in [-0.2, -0.15) is 5.26 Å². The maximum absolute atomic E-state index is 12.0. The second kappa shape index (κ2) is 6.43. The Bertz CT molecular complexity index is 697. The van der Waals surface area contributed by atoms with E-state index in [1.54, 1.807) is 6.07 Å². The van der Waals surface area contributed by atoms with E-state index in [0.717, 1.165) is 0 Å². The molecule has 0 saturated carbocycles. The minimum atomic E-state index is -3.09. The summed E-state index contributed by atoms with van der Waals surface area (Å²) in [4.78, 5) is 12.0. The minimum Gasteiger partial charge on any atom is -0.325 e. The zero-order valence-electron chi connectivity index (χ0n) is 11.1. The van der Waals surface area contributed by atoms with Gasteiger partial charge in [0.15, 0.2) is 9.84 Å². The molecule has 1 heterocycles. The number of halogens is 1. The third-order valence-electron chi connectivity index (χ3n) is 3.11. The summed E-state index contributed by atoms with van der Waals surface area (Å²) >= 11 is 5.83. The predicted molar refractivity (Wildman–Crippen MR) is 79.9 cm³/mol. The van der Waals surface area contributed by atoms with Crippen LogP contribution >= 0.6 is 11.6 Å². The Morgan fingerprint density at radius 2 is 2.29 bits per heavy atom. The van der Waals surface area contributed by atoms with Crippen molar-refractivity contribution in [3.63, 3.8) is 0 Å². The third kappa shape index (κ3) is 4.43. The van der Waals surface area contributed by atoms with Crippen molar-refractivity contribution in [2.45, 2.75) is 12.5 Å². The first-order valence-electron chi connectivity index (χ1n) is 6.33. The van der Waals surface area contributed by atoms with Crippen molar-refractivity contribution in [1.82, 2.24) is 5.32 Å². The van der Waals surface area contributed by atoms with Crippen LogP contribution in [0.4, 0.5) is 5.69 Å². The highest BCUT2D eigenvalue weighted by Gasteiger charge is 2.26. The van der Waals surface area contributed by atoms with E-state index in [4.69, 9.17) is 16.9 Å². The van der Waals surface area contributed by atoms with Crippen molar-refractivity contribution in [3.05, 3.63) is 28.8 Å². The molecule has 1 atom stereocenters. The number of carbonyl (C=O) groups excluding carboxylic acids is 1. The van der Waals surface area contributed by atoms with E-state index in [-0.39, 0.29) is 23.8 Å². The molecule has 6 nitrogen and oxygen atoms in total. The highest BCUT2D eigenvalue weighted by molar-refractivity contribution is 7.91. The number of carbonyl (C=O) groups is 1. The largest absolute Gasteiger partial charge is 0.325 e. The molecular formula is C13H14ClN3O3S. The molecule has 0 bridgehead atoms. The Hall–Kier alpha value is -1.62. The average molecular weight is 328 g/mol. The molecule has 1 aliphatic rings. The molecule has 0 aliphatic carbocycles. The fraction of sp³-hybridized carbons (Fsp3) is 0.385. The maximum atomic E-state index is 12.0. The number of nitriles is 1. The number of sulfone groups is 1. The summed E-state index contributed by atoms with van der Waals surface area (Å²) in [5, 5.41) is 15.0. The van der Waals surface area contributed by atoms with Crippen LogP contribution in [-0.2, 0) is 14.6 Å². The summed E-state index contributed by atoms with van der Waals surface area (Å²) < 4.78 is 23.0. The van der Waals surface area contributed by atoms with E-state index in [9.17, 15) is 13.2 Å². The number of amides is 1. The van der Waals surface area contributed by atoms with E-state index < -0.39 is 15.9 Å². The molecule has 0 radical (unpaired) electrons. The van der Waals surface area contributed by atoms with E-state index in [1.807, 2.05) is 6.07 Å². The van der Waals surface area contributed by atoms with Crippen LogP contribution in [0, 0.1) is 11.3 Å². The van der Waals surface area contributed by atoms with Crippen LogP contribution in [0.3, 0.4) is 0 Å². The molecule has 1 aromatic carbocycles. The Labute approximate surface area is 128 Å². The molecule has 21 heavy (non-hydrogen) atoms. The van der Waals surface area contributed by atoms with Crippen molar-refractivity contribution < 1.29 is 13.2 Å². The Morgan fingerprint density at radius 1 is 1.52 bits per heavy atom. The number of benzene rings is 1. The van der Waals surface area contributed by atoms with Gasteiger partial charge in [0.2, 0.25) is 5.91 Å². The van der Waals surface area contributed by atoms with E-state index in [2.05, 4.69) is 10.6 Å². The highest BCUT2D eigenvalue weighted by atomic mass is 35.5. The molecule has 0 spiro atoms. The van der Waals surface area contributed by atoms with Gasteiger partial charge in [0.25, 0.3) is 0 Å². The maximum Gasteiger partial charge on any atom is 0.226 e. The summed E-state index contributed by atoms with van der Waals surface area (Å²) in [5.41, 5.74) is 0.630. The Morgan fingerprint density at radius 3 is 2.95 bits per heavy atom. The lowest BCUT2D eigenvalue weighted by Gasteiger charge is -2.23. The molecule has 0 aromatic heterocycles. The number of hydrogen-bond donors (Lipinski definition) is 2. The highest BCUT2D eigenvalue weighted by Crippen LogP contribution is 2.20. The Kier molecular flexibility index (Phi) is 4.83. The third-order valence-corrected chi connectivity index (χ3v) is 5.08. The van der Waals surface area contributed by atoms with Gasteiger partial charge < -0.3 is 10.6 Å². The number of hydrogen-bond acceptors (Lipinski definition) is 5. The zero-order valence-corrected chi connectivity index (χ0v) is 12.7. The van der Waals surface area contributed by atoms with Gasteiger partial charge >= 0.3 is 0 Å². The molecule has 1 amide bonds. The smallest absolute Gasteiger partial charge is 0.226 e. The van der Waals surface area contributed by atoms with Gasteiger partial charge in [-0.3, -0.25) is 4.79 Å². The van der Waals surface area contributed by atoms with Crippen LogP contribution < -0.4 is 10.6 Å².